The van der Waals surface area contributed by atoms with Crippen LogP contribution in [0.5, 0.6) is 0 Å². The molecule has 1 N–H and O–H groups in total. The molecule has 0 radical (unpaired) electrons. The average molecular weight is 351 g/mol. The Hall–Kier alpha value is -2.89. The van der Waals surface area contributed by atoms with Crippen molar-refractivity contribution < 1.29 is 4.79 Å². The van der Waals surface area contributed by atoms with Crippen LogP contribution in [0.1, 0.15) is 47.0 Å². The number of imidazole rings is 1. The number of aromatic nitrogens is 3. The Balaban J connectivity index is 1.78. The lowest BCUT2D eigenvalue weighted by Crippen LogP contribution is -2.20. The first kappa shape index (κ1) is 17.9. The fourth-order valence-electron chi connectivity index (χ4n) is 3.20. The highest BCUT2D eigenvalue weighted by molar-refractivity contribution is 5.95. The van der Waals surface area contributed by atoms with Crippen molar-refractivity contribution in [1.82, 2.24) is 19.4 Å². The normalized spacial score (nSPS) is 11.8. The van der Waals surface area contributed by atoms with E-state index in [4.69, 9.17) is 0 Å². The molecule has 1 amide bonds. The van der Waals surface area contributed by atoms with Gasteiger partial charge < -0.3 is 4.57 Å². The molecule has 0 aliphatic carbocycles. The lowest BCUT2D eigenvalue weighted by Gasteiger charge is -2.11. The van der Waals surface area contributed by atoms with Gasteiger partial charge in [-0.1, -0.05) is 19.9 Å². The summed E-state index contributed by atoms with van der Waals surface area (Å²) in [7, 11) is 0. The number of amides is 1. The lowest BCUT2D eigenvalue weighted by atomic mass is 10.2. The first-order chi connectivity index (χ1) is 12.4. The number of pyridine rings is 1. The van der Waals surface area contributed by atoms with E-state index < -0.39 is 0 Å². The summed E-state index contributed by atoms with van der Waals surface area (Å²) in [4.78, 5) is 16.9. The van der Waals surface area contributed by atoms with E-state index in [2.05, 4.69) is 53.8 Å². The Morgan fingerprint density at radius 2 is 2.08 bits per heavy atom. The van der Waals surface area contributed by atoms with Crippen molar-refractivity contribution in [2.45, 2.75) is 41.2 Å². The van der Waals surface area contributed by atoms with E-state index >= 15 is 0 Å². The topological polar surface area (TPSA) is 63.7 Å². The molecule has 0 spiro atoms. The third kappa shape index (κ3) is 3.40. The maximum atomic E-state index is 12.5. The molecule has 6 nitrogen and oxygen atoms in total. The van der Waals surface area contributed by atoms with Crippen LogP contribution in [0.15, 0.2) is 35.6 Å². The Bertz CT molecular complexity index is 978. The van der Waals surface area contributed by atoms with Crippen LogP contribution >= 0.6 is 0 Å². The zero-order valence-electron chi connectivity index (χ0n) is 15.9. The summed E-state index contributed by atoms with van der Waals surface area (Å²) in [5.74, 6) is 0.302. The minimum absolute atomic E-state index is 0.270. The number of carbonyl (C=O) groups is 1. The highest BCUT2D eigenvalue weighted by atomic mass is 16.2. The molecule has 0 aliphatic heterocycles. The van der Waals surface area contributed by atoms with Gasteiger partial charge in [-0.2, -0.15) is 5.10 Å². The summed E-state index contributed by atoms with van der Waals surface area (Å²) in [6.45, 7) is 11.4. The molecular formula is C20H25N5O. The monoisotopic (exact) mass is 351 g/mol. The minimum Gasteiger partial charge on any atom is -0.348 e. The molecule has 0 aliphatic rings. The fraction of sp³-hybridized carbons (Fsp3) is 0.350. The van der Waals surface area contributed by atoms with Gasteiger partial charge in [0.1, 0.15) is 11.3 Å². The maximum Gasteiger partial charge on any atom is 0.290 e. The summed E-state index contributed by atoms with van der Waals surface area (Å²) < 4.78 is 4.05. The standard InChI is InChI=1S/C20H25N5O/c1-13(2)12-25-14(3)10-17(16(25)5)11-21-23-20(26)19-15(4)22-18-8-6-7-9-24(18)19/h6-11,13H,12H2,1-5H3,(H,23,26). The Kier molecular flexibility index (Phi) is 4.93. The number of rotatable bonds is 5. The van der Waals surface area contributed by atoms with Crippen LogP contribution in [-0.4, -0.2) is 26.1 Å². The molecule has 0 saturated heterocycles. The second kappa shape index (κ2) is 7.15. The zero-order valence-corrected chi connectivity index (χ0v) is 15.9. The molecule has 6 heteroatoms. The van der Waals surface area contributed by atoms with Gasteiger partial charge in [0.25, 0.3) is 5.91 Å². The number of carbonyl (C=O) groups excluding carboxylic acids is 1. The van der Waals surface area contributed by atoms with Gasteiger partial charge >= 0.3 is 0 Å². The average Bonchev–Trinajstić information content (AvgIpc) is 3.05. The Morgan fingerprint density at radius 1 is 1.31 bits per heavy atom. The molecule has 0 bridgehead atoms. The van der Waals surface area contributed by atoms with Crippen molar-refractivity contribution in [3.63, 3.8) is 0 Å². The van der Waals surface area contributed by atoms with Gasteiger partial charge in [0.2, 0.25) is 0 Å². The third-order valence-electron chi connectivity index (χ3n) is 4.45. The number of hydrazone groups is 1. The van der Waals surface area contributed by atoms with Crippen molar-refractivity contribution in [2.24, 2.45) is 11.0 Å². The van der Waals surface area contributed by atoms with Gasteiger partial charge in [-0.05, 0) is 44.9 Å². The number of nitrogens with zero attached hydrogens (tertiary/aromatic N) is 4. The number of nitrogens with one attached hydrogen (secondary N) is 1. The van der Waals surface area contributed by atoms with Crippen molar-refractivity contribution in [3.05, 3.63) is 58.8 Å². The van der Waals surface area contributed by atoms with Crippen LogP contribution in [0.25, 0.3) is 5.65 Å². The molecule has 136 valence electrons. The van der Waals surface area contributed by atoms with Crippen molar-refractivity contribution >= 4 is 17.8 Å². The molecule has 0 aromatic carbocycles. The smallest absolute Gasteiger partial charge is 0.290 e. The predicted octanol–water partition coefficient (Wildman–Crippen LogP) is 3.48. The van der Waals surface area contributed by atoms with Crippen molar-refractivity contribution in [3.8, 4) is 0 Å². The van der Waals surface area contributed by atoms with E-state index in [1.165, 1.54) is 5.69 Å². The molecule has 3 rings (SSSR count). The van der Waals surface area contributed by atoms with E-state index in [-0.39, 0.29) is 5.91 Å². The van der Waals surface area contributed by atoms with Gasteiger partial charge in [0, 0.05) is 29.7 Å². The molecule has 0 atom stereocenters. The molecular weight excluding hydrogens is 326 g/mol. The van der Waals surface area contributed by atoms with E-state index in [9.17, 15) is 4.79 Å². The summed E-state index contributed by atoms with van der Waals surface area (Å²) in [6, 6.07) is 7.73. The number of hydrogen-bond donors (Lipinski definition) is 1. The maximum absolute atomic E-state index is 12.5. The summed E-state index contributed by atoms with van der Waals surface area (Å²) in [6.07, 6.45) is 3.53. The predicted molar refractivity (Wildman–Crippen MR) is 104 cm³/mol. The SMILES string of the molecule is Cc1nc2ccccn2c1C(=O)NN=Cc1cc(C)n(CC(C)C)c1C. The summed E-state index contributed by atoms with van der Waals surface area (Å²) in [5.41, 5.74) is 7.91. The van der Waals surface area contributed by atoms with E-state index in [0.717, 1.165) is 23.4 Å². The van der Waals surface area contributed by atoms with Gasteiger partial charge in [0.05, 0.1) is 11.9 Å². The first-order valence-corrected chi connectivity index (χ1v) is 8.82. The Morgan fingerprint density at radius 3 is 2.81 bits per heavy atom. The summed E-state index contributed by atoms with van der Waals surface area (Å²) >= 11 is 0. The number of fused-ring (bicyclic) bond motifs is 1. The summed E-state index contributed by atoms with van der Waals surface area (Å²) in [5, 5.41) is 4.16. The molecule has 3 aromatic heterocycles. The molecule has 0 saturated carbocycles. The number of hydrogen-bond acceptors (Lipinski definition) is 3. The molecule has 0 fully saturated rings. The Labute approximate surface area is 153 Å². The van der Waals surface area contributed by atoms with Gasteiger partial charge in [-0.25, -0.2) is 10.4 Å². The van der Waals surface area contributed by atoms with E-state index in [0.29, 0.717) is 17.3 Å². The van der Waals surface area contributed by atoms with Crippen molar-refractivity contribution in [1.29, 1.82) is 0 Å². The van der Waals surface area contributed by atoms with E-state index in [1.807, 2.05) is 31.3 Å². The third-order valence-corrected chi connectivity index (χ3v) is 4.45. The first-order valence-electron chi connectivity index (χ1n) is 8.82. The molecule has 0 unspecified atom stereocenters. The van der Waals surface area contributed by atoms with Crippen LogP contribution < -0.4 is 5.43 Å². The van der Waals surface area contributed by atoms with Crippen LogP contribution in [0.4, 0.5) is 0 Å². The van der Waals surface area contributed by atoms with Crippen LogP contribution in [0, 0.1) is 26.7 Å². The van der Waals surface area contributed by atoms with Crippen LogP contribution in [0.3, 0.4) is 0 Å². The second-order valence-electron chi connectivity index (χ2n) is 7.00. The lowest BCUT2D eigenvalue weighted by molar-refractivity contribution is 0.0948. The van der Waals surface area contributed by atoms with Crippen LogP contribution in [-0.2, 0) is 6.54 Å². The fourth-order valence-corrected chi connectivity index (χ4v) is 3.20. The highest BCUT2D eigenvalue weighted by Crippen LogP contribution is 2.15. The quantitative estimate of drug-likeness (QED) is 0.565. The van der Waals surface area contributed by atoms with Gasteiger partial charge in [-0.3, -0.25) is 9.20 Å². The molecule has 3 heterocycles. The molecule has 3 aromatic rings. The largest absolute Gasteiger partial charge is 0.348 e. The highest BCUT2D eigenvalue weighted by Gasteiger charge is 2.15. The van der Waals surface area contributed by atoms with E-state index in [1.54, 1.807) is 10.6 Å². The number of aryl methyl sites for hydroxylation is 2. The van der Waals surface area contributed by atoms with Crippen LogP contribution in [0.2, 0.25) is 0 Å². The minimum atomic E-state index is -0.270. The zero-order chi connectivity index (χ0) is 18.8. The van der Waals surface area contributed by atoms with Gasteiger partial charge in [0.15, 0.2) is 0 Å². The van der Waals surface area contributed by atoms with Gasteiger partial charge in [-0.15, -0.1) is 0 Å². The second-order valence-corrected chi connectivity index (χ2v) is 7.00. The molecule has 26 heavy (non-hydrogen) atoms. The van der Waals surface area contributed by atoms with Crippen molar-refractivity contribution in [2.75, 3.05) is 0 Å².